The van der Waals surface area contributed by atoms with Gasteiger partial charge >= 0.3 is 6.03 Å². The zero-order valence-electron chi connectivity index (χ0n) is 14.1. The van der Waals surface area contributed by atoms with Crippen LogP contribution in [0.5, 0.6) is 0 Å². The molecule has 0 spiro atoms. The molecule has 1 fully saturated rings. The summed E-state index contributed by atoms with van der Waals surface area (Å²) in [5.74, 6) is 1.71. The van der Waals surface area contributed by atoms with E-state index in [-0.39, 0.29) is 6.03 Å². The molecule has 7 nitrogen and oxygen atoms in total. The van der Waals surface area contributed by atoms with Crippen molar-refractivity contribution in [2.75, 3.05) is 19.6 Å². The number of hydrogen-bond acceptors (Lipinski definition) is 5. The van der Waals surface area contributed by atoms with Gasteiger partial charge in [-0.15, -0.1) is 0 Å². The highest BCUT2D eigenvalue weighted by Crippen LogP contribution is 2.29. The molecule has 130 valence electrons. The van der Waals surface area contributed by atoms with Crippen LogP contribution in [0.15, 0.2) is 9.52 Å². The standard InChI is InChI=1S/C17H24N4O3/c1-12-15-5-6-21(10-16(15)24-20-12)17(23)19-9-14-4-2-3-13(7-14)8-18-11-22/h13-14H,2-10H2,1H3,(H,19,23). The molecule has 0 radical (unpaired) electrons. The third kappa shape index (κ3) is 3.85. The highest BCUT2D eigenvalue weighted by atomic mass is 16.5. The summed E-state index contributed by atoms with van der Waals surface area (Å²) < 4.78 is 5.30. The second-order valence-corrected chi connectivity index (χ2v) is 6.86. The first-order valence-corrected chi connectivity index (χ1v) is 8.67. The van der Waals surface area contributed by atoms with Gasteiger partial charge in [0.25, 0.3) is 0 Å². The van der Waals surface area contributed by atoms with Crippen LogP contribution >= 0.6 is 0 Å². The molecule has 1 aliphatic carbocycles. The number of nitrogens with zero attached hydrogens (tertiary/aromatic N) is 3. The van der Waals surface area contributed by atoms with Crippen molar-refractivity contribution in [3.05, 3.63) is 17.0 Å². The zero-order chi connectivity index (χ0) is 16.9. The van der Waals surface area contributed by atoms with Crippen LogP contribution in [-0.2, 0) is 17.8 Å². The molecule has 1 aromatic heterocycles. The van der Waals surface area contributed by atoms with Crippen molar-refractivity contribution in [3.8, 4) is 0 Å². The fraction of sp³-hybridized carbons (Fsp3) is 0.706. The molecule has 2 unspecified atom stereocenters. The zero-order valence-corrected chi connectivity index (χ0v) is 14.1. The van der Waals surface area contributed by atoms with Gasteiger partial charge in [0, 0.05) is 18.7 Å². The Labute approximate surface area is 141 Å². The molecular weight excluding hydrogens is 308 g/mol. The van der Waals surface area contributed by atoms with Crippen LogP contribution in [0.25, 0.3) is 0 Å². The van der Waals surface area contributed by atoms with Crippen LogP contribution in [0.4, 0.5) is 4.79 Å². The van der Waals surface area contributed by atoms with E-state index in [4.69, 9.17) is 4.52 Å². The van der Waals surface area contributed by atoms with Crippen molar-refractivity contribution in [1.82, 2.24) is 15.4 Å². The van der Waals surface area contributed by atoms with Gasteiger partial charge in [-0.3, -0.25) is 0 Å². The highest BCUT2D eigenvalue weighted by Gasteiger charge is 2.27. The highest BCUT2D eigenvalue weighted by molar-refractivity contribution is 5.74. The van der Waals surface area contributed by atoms with Crippen LogP contribution in [0.2, 0.25) is 0 Å². The molecular formula is C17H24N4O3. The summed E-state index contributed by atoms with van der Waals surface area (Å²) in [6.45, 7) is 4.37. The van der Waals surface area contributed by atoms with Crippen molar-refractivity contribution in [1.29, 1.82) is 0 Å². The minimum atomic E-state index is -0.0391. The van der Waals surface area contributed by atoms with Gasteiger partial charge in [-0.1, -0.05) is 11.6 Å². The van der Waals surface area contributed by atoms with E-state index in [2.05, 4.69) is 15.5 Å². The Balaban J connectivity index is 1.46. The normalized spacial score (nSPS) is 23.3. The summed E-state index contributed by atoms with van der Waals surface area (Å²) in [7, 11) is 0. The molecule has 3 rings (SSSR count). The molecule has 2 aliphatic rings. The average Bonchev–Trinajstić information content (AvgIpc) is 2.99. The molecule has 0 bridgehead atoms. The fourth-order valence-corrected chi connectivity index (χ4v) is 3.82. The van der Waals surface area contributed by atoms with Crippen molar-refractivity contribution in [2.24, 2.45) is 16.8 Å². The fourth-order valence-electron chi connectivity index (χ4n) is 3.82. The van der Waals surface area contributed by atoms with Crippen molar-refractivity contribution >= 4 is 12.1 Å². The van der Waals surface area contributed by atoms with Gasteiger partial charge in [0.2, 0.25) is 6.08 Å². The number of hydrogen-bond donors (Lipinski definition) is 1. The Morgan fingerprint density at radius 1 is 1.46 bits per heavy atom. The summed E-state index contributed by atoms with van der Waals surface area (Å²) in [5.41, 5.74) is 2.07. The number of rotatable bonds is 4. The summed E-state index contributed by atoms with van der Waals surface area (Å²) in [5, 5.41) is 7.03. The largest absolute Gasteiger partial charge is 0.359 e. The molecule has 0 aromatic carbocycles. The second-order valence-electron chi connectivity index (χ2n) is 6.86. The topological polar surface area (TPSA) is 87.8 Å². The predicted octanol–water partition coefficient (Wildman–Crippen LogP) is 2.19. The van der Waals surface area contributed by atoms with Gasteiger partial charge in [-0.05, 0) is 44.4 Å². The lowest BCUT2D eigenvalue weighted by Gasteiger charge is -2.30. The van der Waals surface area contributed by atoms with Gasteiger partial charge in [-0.2, -0.15) is 0 Å². The quantitative estimate of drug-likeness (QED) is 0.676. The number of aromatic nitrogens is 1. The smallest absolute Gasteiger partial charge is 0.317 e. The van der Waals surface area contributed by atoms with Gasteiger partial charge in [0.15, 0.2) is 5.76 Å². The minimum absolute atomic E-state index is 0.0391. The number of fused-ring (bicyclic) bond motifs is 1. The number of aliphatic imine (C=N–C) groups is 1. The molecule has 1 aromatic rings. The maximum atomic E-state index is 12.4. The lowest BCUT2D eigenvalue weighted by molar-refractivity contribution is 0.178. The number of carbonyl (C=O) groups excluding carboxylic acids is 2. The van der Waals surface area contributed by atoms with E-state index in [1.165, 1.54) is 0 Å². The number of amides is 2. The van der Waals surface area contributed by atoms with E-state index in [0.717, 1.165) is 49.1 Å². The number of nitrogens with one attached hydrogen (secondary N) is 1. The lowest BCUT2D eigenvalue weighted by atomic mass is 9.81. The molecule has 2 amide bonds. The van der Waals surface area contributed by atoms with Crippen molar-refractivity contribution in [2.45, 2.75) is 45.6 Å². The van der Waals surface area contributed by atoms with Crippen LogP contribution < -0.4 is 5.32 Å². The summed E-state index contributed by atoms with van der Waals surface area (Å²) in [6, 6.07) is -0.0391. The van der Waals surface area contributed by atoms with E-state index in [1.54, 1.807) is 11.0 Å². The first kappa shape index (κ1) is 16.7. The SMILES string of the molecule is Cc1noc2c1CCN(C(=O)NCC1CCCC(CN=C=O)C1)C2. The van der Waals surface area contributed by atoms with Crippen molar-refractivity contribution in [3.63, 3.8) is 0 Å². The third-order valence-corrected chi connectivity index (χ3v) is 5.17. The Hall–Kier alpha value is -2.14. The summed E-state index contributed by atoms with van der Waals surface area (Å²) in [4.78, 5) is 28.1. The van der Waals surface area contributed by atoms with Gasteiger partial charge in [0.1, 0.15) is 0 Å². The Morgan fingerprint density at radius 3 is 3.12 bits per heavy atom. The van der Waals surface area contributed by atoms with E-state index >= 15 is 0 Å². The lowest BCUT2D eigenvalue weighted by Crippen LogP contribution is -2.44. The van der Waals surface area contributed by atoms with E-state index in [0.29, 0.717) is 38.0 Å². The van der Waals surface area contributed by atoms with Crippen molar-refractivity contribution < 1.29 is 14.1 Å². The van der Waals surface area contributed by atoms with Gasteiger partial charge < -0.3 is 14.7 Å². The van der Waals surface area contributed by atoms with E-state index in [1.807, 2.05) is 6.92 Å². The van der Waals surface area contributed by atoms with Crippen LogP contribution in [0.1, 0.15) is 42.7 Å². The van der Waals surface area contributed by atoms with E-state index < -0.39 is 0 Å². The Kier molecular flexibility index (Phi) is 5.30. The molecule has 2 atom stereocenters. The molecule has 1 aliphatic heterocycles. The Morgan fingerprint density at radius 2 is 2.29 bits per heavy atom. The van der Waals surface area contributed by atoms with Crippen LogP contribution in [0, 0.1) is 18.8 Å². The first-order valence-electron chi connectivity index (χ1n) is 8.67. The summed E-state index contributed by atoms with van der Waals surface area (Å²) in [6.07, 6.45) is 6.78. The molecule has 1 N–H and O–H groups in total. The molecule has 24 heavy (non-hydrogen) atoms. The average molecular weight is 332 g/mol. The Bertz CT molecular complexity index is 636. The maximum absolute atomic E-state index is 12.4. The second kappa shape index (κ2) is 7.62. The van der Waals surface area contributed by atoms with Gasteiger partial charge in [-0.25, -0.2) is 14.6 Å². The predicted molar refractivity (Wildman–Crippen MR) is 87.2 cm³/mol. The monoisotopic (exact) mass is 332 g/mol. The molecule has 1 saturated carbocycles. The number of aryl methyl sites for hydroxylation is 1. The van der Waals surface area contributed by atoms with Gasteiger partial charge in [0.05, 0.1) is 18.8 Å². The molecule has 2 heterocycles. The number of urea groups is 1. The van der Waals surface area contributed by atoms with E-state index in [9.17, 15) is 9.59 Å². The molecule has 7 heteroatoms. The van der Waals surface area contributed by atoms with Crippen LogP contribution in [0.3, 0.4) is 0 Å². The molecule has 0 saturated heterocycles. The summed E-state index contributed by atoms with van der Waals surface area (Å²) >= 11 is 0. The first-order chi connectivity index (χ1) is 11.7. The maximum Gasteiger partial charge on any atom is 0.317 e. The minimum Gasteiger partial charge on any atom is -0.359 e. The number of isocyanates is 1. The third-order valence-electron chi connectivity index (χ3n) is 5.17. The number of carbonyl (C=O) groups is 1. The van der Waals surface area contributed by atoms with Crippen LogP contribution in [-0.4, -0.2) is 41.8 Å².